The zero-order chi connectivity index (χ0) is 5.82. The summed E-state index contributed by atoms with van der Waals surface area (Å²) in [5.41, 5.74) is 1.03. The number of para-hydroxylation sites is 1. The Labute approximate surface area is 105 Å². The molecule has 0 spiro atoms. The Balaban J connectivity index is 0.000000640. The summed E-state index contributed by atoms with van der Waals surface area (Å²) in [5.74, 6) is 0. The van der Waals surface area contributed by atoms with Gasteiger partial charge in [0.25, 0.3) is 0 Å². The van der Waals surface area contributed by atoms with Crippen LogP contribution in [-0.2, 0) is 0 Å². The second-order valence-electron chi connectivity index (χ2n) is 1.56. The van der Waals surface area contributed by atoms with E-state index < -0.39 is 0 Å². The van der Waals surface area contributed by atoms with Crippen LogP contribution in [0.2, 0.25) is 0 Å². The van der Waals surface area contributed by atoms with E-state index in [0.29, 0.717) is 0 Å². The molecular formula is C7H8NRb. The zero-order valence-corrected chi connectivity index (χ0v) is 10.8. The van der Waals surface area contributed by atoms with Gasteiger partial charge in [0.15, 0.2) is 0 Å². The van der Waals surface area contributed by atoms with Crippen molar-refractivity contribution < 1.29 is 58.2 Å². The Morgan fingerprint density at radius 1 is 1.11 bits per heavy atom. The van der Waals surface area contributed by atoms with Gasteiger partial charge in [0, 0.05) is 0 Å². The third-order valence-corrected chi connectivity index (χ3v) is 1.01. The van der Waals surface area contributed by atoms with E-state index in [1.54, 1.807) is 7.05 Å². The minimum atomic E-state index is 0. The maximum atomic E-state index is 3.97. The van der Waals surface area contributed by atoms with Gasteiger partial charge in [0.2, 0.25) is 0 Å². The molecule has 0 saturated heterocycles. The molecule has 0 aliphatic rings. The molecule has 42 valence electrons. The van der Waals surface area contributed by atoms with Gasteiger partial charge < -0.3 is 5.32 Å². The van der Waals surface area contributed by atoms with Gasteiger partial charge in [-0.2, -0.15) is 0 Å². The van der Waals surface area contributed by atoms with Crippen LogP contribution in [0.25, 0.3) is 5.32 Å². The summed E-state index contributed by atoms with van der Waals surface area (Å²) < 4.78 is 0. The number of benzene rings is 1. The molecule has 0 amide bonds. The van der Waals surface area contributed by atoms with Gasteiger partial charge in [0.05, 0.1) is 0 Å². The summed E-state index contributed by atoms with van der Waals surface area (Å²) in [4.78, 5) is 0. The zero-order valence-electron chi connectivity index (χ0n) is 5.83. The molecule has 9 heavy (non-hydrogen) atoms. The molecule has 0 radical (unpaired) electrons. The molecule has 0 atom stereocenters. The van der Waals surface area contributed by atoms with Crippen molar-refractivity contribution in [2.24, 2.45) is 0 Å². The second kappa shape index (κ2) is 5.60. The molecule has 1 aromatic rings. The largest absolute Gasteiger partial charge is 1.00 e. The van der Waals surface area contributed by atoms with Gasteiger partial charge in [-0.05, 0) is 0 Å². The van der Waals surface area contributed by atoms with E-state index >= 15 is 0 Å². The van der Waals surface area contributed by atoms with Gasteiger partial charge in [-0.3, -0.25) is 0 Å². The number of hydrogen-bond acceptors (Lipinski definition) is 0. The third kappa shape index (κ3) is 3.51. The van der Waals surface area contributed by atoms with Crippen molar-refractivity contribution in [2.75, 3.05) is 7.05 Å². The van der Waals surface area contributed by atoms with Gasteiger partial charge in [-0.15, -0.1) is 12.7 Å². The van der Waals surface area contributed by atoms with Crippen LogP contribution in [0.5, 0.6) is 0 Å². The fourth-order valence-electron chi connectivity index (χ4n) is 0.577. The molecule has 2 heteroatoms. The van der Waals surface area contributed by atoms with Crippen LogP contribution in [0.3, 0.4) is 0 Å². The average Bonchev–Trinajstić information content (AvgIpc) is 1.90. The van der Waals surface area contributed by atoms with Crippen molar-refractivity contribution in [1.29, 1.82) is 0 Å². The first-order valence-electron chi connectivity index (χ1n) is 2.58. The standard InChI is InChI=1S/C7H8N.Rb/c1-8-7-5-3-2-4-6-7;/h2-6H,1H3;/q-1;+1. The van der Waals surface area contributed by atoms with Crippen molar-refractivity contribution in [1.82, 2.24) is 0 Å². The Kier molecular flexibility index (Phi) is 6.11. The Bertz CT molecular complexity index is 150. The van der Waals surface area contributed by atoms with Crippen molar-refractivity contribution in [3.05, 3.63) is 35.6 Å². The summed E-state index contributed by atoms with van der Waals surface area (Å²) in [7, 11) is 1.79. The predicted octanol–water partition coefficient (Wildman–Crippen LogP) is -0.674. The van der Waals surface area contributed by atoms with Crippen molar-refractivity contribution >= 4 is 5.69 Å². The number of nitrogens with zero attached hydrogens (tertiary/aromatic N) is 1. The van der Waals surface area contributed by atoms with E-state index in [2.05, 4.69) is 5.32 Å². The molecule has 0 fully saturated rings. The molecule has 0 aliphatic carbocycles. The minimum absolute atomic E-state index is 0. The average molecular weight is 192 g/mol. The summed E-state index contributed by atoms with van der Waals surface area (Å²) >= 11 is 0. The van der Waals surface area contributed by atoms with Crippen LogP contribution in [0.1, 0.15) is 0 Å². The number of rotatable bonds is 1. The van der Waals surface area contributed by atoms with Crippen LogP contribution < -0.4 is 58.2 Å². The maximum absolute atomic E-state index is 3.97. The topological polar surface area (TPSA) is 14.1 Å². The third-order valence-electron chi connectivity index (χ3n) is 1.01. The number of hydrogen-bond donors (Lipinski definition) is 0. The Hall–Kier alpha value is 0.825. The Morgan fingerprint density at radius 2 is 1.67 bits per heavy atom. The van der Waals surface area contributed by atoms with E-state index in [9.17, 15) is 0 Å². The normalized spacial score (nSPS) is 7.67. The predicted molar refractivity (Wildman–Crippen MR) is 35.4 cm³/mol. The van der Waals surface area contributed by atoms with Crippen LogP contribution in [-0.4, -0.2) is 7.05 Å². The molecule has 1 aromatic carbocycles. The van der Waals surface area contributed by atoms with Crippen molar-refractivity contribution in [3.63, 3.8) is 0 Å². The first kappa shape index (κ1) is 9.83. The first-order valence-corrected chi connectivity index (χ1v) is 2.58. The van der Waals surface area contributed by atoms with E-state index in [1.165, 1.54) is 0 Å². The van der Waals surface area contributed by atoms with Gasteiger partial charge in [-0.1, -0.05) is 30.3 Å². The Morgan fingerprint density at radius 3 is 2.00 bits per heavy atom. The SMILES string of the molecule is C[N-]c1ccccc1.[Rb+]. The van der Waals surface area contributed by atoms with Gasteiger partial charge in [-0.25, -0.2) is 0 Å². The molecule has 0 N–H and O–H groups in total. The quantitative estimate of drug-likeness (QED) is 0.559. The molecular weight excluding hydrogens is 184 g/mol. The molecule has 0 bridgehead atoms. The smallest absolute Gasteiger partial charge is 0.687 e. The van der Waals surface area contributed by atoms with Crippen molar-refractivity contribution in [3.8, 4) is 0 Å². The van der Waals surface area contributed by atoms with Crippen LogP contribution in [0.15, 0.2) is 30.3 Å². The molecule has 0 saturated carbocycles. The second-order valence-corrected chi connectivity index (χ2v) is 1.56. The van der Waals surface area contributed by atoms with E-state index in [1.807, 2.05) is 30.3 Å². The molecule has 0 heterocycles. The van der Waals surface area contributed by atoms with Gasteiger partial charge in [0.1, 0.15) is 0 Å². The summed E-state index contributed by atoms with van der Waals surface area (Å²) in [5, 5.41) is 3.97. The molecule has 0 aliphatic heterocycles. The first-order chi connectivity index (χ1) is 3.93. The minimum Gasteiger partial charge on any atom is -0.687 e. The summed E-state index contributed by atoms with van der Waals surface area (Å²) in [6, 6.07) is 9.87. The van der Waals surface area contributed by atoms with Crippen LogP contribution in [0.4, 0.5) is 5.69 Å². The van der Waals surface area contributed by atoms with Crippen LogP contribution in [0, 0.1) is 0 Å². The van der Waals surface area contributed by atoms with E-state index in [4.69, 9.17) is 0 Å². The molecule has 1 rings (SSSR count). The summed E-state index contributed by atoms with van der Waals surface area (Å²) in [6.45, 7) is 0. The fraction of sp³-hybridized carbons (Fsp3) is 0.143. The monoisotopic (exact) mass is 191 g/mol. The molecule has 0 unspecified atom stereocenters. The van der Waals surface area contributed by atoms with E-state index in [-0.39, 0.29) is 58.2 Å². The van der Waals surface area contributed by atoms with E-state index in [0.717, 1.165) is 5.69 Å². The molecule has 1 nitrogen and oxygen atoms in total. The van der Waals surface area contributed by atoms with Crippen molar-refractivity contribution in [2.45, 2.75) is 0 Å². The summed E-state index contributed by atoms with van der Waals surface area (Å²) in [6.07, 6.45) is 0. The van der Waals surface area contributed by atoms with Gasteiger partial charge >= 0.3 is 58.2 Å². The fourth-order valence-corrected chi connectivity index (χ4v) is 0.577. The maximum Gasteiger partial charge on any atom is 1.00 e. The molecule has 0 aromatic heterocycles. The van der Waals surface area contributed by atoms with Crippen LogP contribution >= 0.6 is 0 Å².